The molecule has 0 spiro atoms. The van der Waals surface area contributed by atoms with Crippen LogP contribution < -0.4 is 0 Å². The molecule has 0 heterocycles. The van der Waals surface area contributed by atoms with Crippen molar-refractivity contribution >= 4 is 7.44 Å². The third kappa shape index (κ3) is 2.30. The fourth-order valence-corrected chi connectivity index (χ4v) is 2.20. The van der Waals surface area contributed by atoms with Gasteiger partial charge in [0.25, 0.3) is 0 Å². The van der Waals surface area contributed by atoms with Crippen LogP contribution in [-0.4, -0.2) is 43.7 Å². The van der Waals surface area contributed by atoms with Gasteiger partial charge in [-0.3, -0.25) is 4.57 Å². The van der Waals surface area contributed by atoms with Gasteiger partial charge in [0.1, 0.15) is 6.16 Å². The molecule has 0 radical (unpaired) electrons. The molecule has 0 aliphatic carbocycles. The van der Waals surface area contributed by atoms with Crippen LogP contribution in [0.4, 0.5) is 0 Å². The van der Waals surface area contributed by atoms with Crippen LogP contribution in [0.2, 0.25) is 0 Å². The van der Waals surface area contributed by atoms with Crippen molar-refractivity contribution in [1.29, 1.82) is 5.26 Å². The molecule has 0 aromatic heterocycles. The lowest BCUT2D eigenvalue weighted by atomic mass is 10.9. The molecule has 0 saturated heterocycles. The van der Waals surface area contributed by atoms with Gasteiger partial charge in [-0.1, -0.05) is 0 Å². The van der Waals surface area contributed by atoms with Crippen molar-refractivity contribution < 1.29 is 4.57 Å². The van der Waals surface area contributed by atoms with E-state index in [4.69, 9.17) is 5.26 Å². The van der Waals surface area contributed by atoms with Crippen LogP contribution in [0.15, 0.2) is 0 Å². The van der Waals surface area contributed by atoms with Gasteiger partial charge in [-0.25, -0.2) is 9.34 Å². The molecule has 0 atom stereocenters. The molecule has 0 aliphatic rings. The van der Waals surface area contributed by atoms with Gasteiger partial charge in [-0.2, -0.15) is 5.26 Å². The van der Waals surface area contributed by atoms with Crippen molar-refractivity contribution in [1.82, 2.24) is 9.34 Å². The summed E-state index contributed by atoms with van der Waals surface area (Å²) in [6, 6.07) is 1.92. The zero-order valence-corrected chi connectivity index (χ0v) is 8.30. The molecular weight excluding hydrogens is 161 g/mol. The summed E-state index contributed by atoms with van der Waals surface area (Å²) >= 11 is 0. The fourth-order valence-electron chi connectivity index (χ4n) is 0.733. The average molecular weight is 175 g/mol. The first-order chi connectivity index (χ1) is 4.95. The van der Waals surface area contributed by atoms with E-state index in [2.05, 4.69) is 0 Å². The second-order valence-electron chi connectivity index (χ2n) is 2.68. The summed E-state index contributed by atoms with van der Waals surface area (Å²) < 4.78 is 15.1. The van der Waals surface area contributed by atoms with E-state index in [1.54, 1.807) is 37.5 Å². The third-order valence-corrected chi connectivity index (χ3v) is 4.58. The van der Waals surface area contributed by atoms with Crippen LogP contribution in [0.25, 0.3) is 0 Å². The largest absolute Gasteiger partial charge is 0.288 e. The Kier molecular flexibility index (Phi) is 3.74. The van der Waals surface area contributed by atoms with Gasteiger partial charge in [-0.15, -0.1) is 0 Å². The minimum absolute atomic E-state index is 0.0764. The highest BCUT2D eigenvalue weighted by Crippen LogP contribution is 2.48. The molecule has 0 aliphatic heterocycles. The number of rotatable bonds is 3. The lowest BCUT2D eigenvalue weighted by molar-refractivity contribution is 0.451. The van der Waals surface area contributed by atoms with E-state index >= 15 is 0 Å². The van der Waals surface area contributed by atoms with Crippen LogP contribution in [0, 0.1) is 11.3 Å². The zero-order chi connectivity index (χ0) is 9.07. The fraction of sp³-hybridized carbons (Fsp3) is 0.833. The monoisotopic (exact) mass is 175 g/mol. The Hall–Kier alpha value is -0.360. The van der Waals surface area contributed by atoms with Crippen LogP contribution in [0.1, 0.15) is 0 Å². The first-order valence-electron chi connectivity index (χ1n) is 3.26. The van der Waals surface area contributed by atoms with E-state index < -0.39 is 7.44 Å². The van der Waals surface area contributed by atoms with Crippen LogP contribution in [0.5, 0.6) is 0 Å². The Morgan fingerprint density at radius 1 is 1.27 bits per heavy atom. The quantitative estimate of drug-likeness (QED) is 0.596. The lowest BCUT2D eigenvalue weighted by Crippen LogP contribution is -2.22. The van der Waals surface area contributed by atoms with Crippen LogP contribution in [0.3, 0.4) is 0 Å². The summed E-state index contributed by atoms with van der Waals surface area (Å²) in [5.41, 5.74) is 0. The molecule has 0 bridgehead atoms. The second kappa shape index (κ2) is 3.87. The predicted octanol–water partition coefficient (Wildman–Crippen LogP) is 0.826. The molecule has 0 aromatic carbocycles. The normalized spacial score (nSPS) is 12.1. The van der Waals surface area contributed by atoms with E-state index in [1.165, 1.54) is 0 Å². The molecule has 5 heteroatoms. The van der Waals surface area contributed by atoms with Crippen LogP contribution >= 0.6 is 7.44 Å². The highest BCUT2D eigenvalue weighted by atomic mass is 31.2. The van der Waals surface area contributed by atoms with E-state index in [-0.39, 0.29) is 6.16 Å². The molecule has 0 saturated carbocycles. The summed E-state index contributed by atoms with van der Waals surface area (Å²) in [5.74, 6) is 0. The van der Waals surface area contributed by atoms with E-state index in [9.17, 15) is 4.57 Å². The molecule has 0 amide bonds. The Labute approximate surface area is 67.9 Å². The maximum Gasteiger partial charge on any atom is 0.229 e. The lowest BCUT2D eigenvalue weighted by Gasteiger charge is -2.28. The SMILES string of the molecule is CN(C)P(=O)(CC#N)N(C)C. The molecule has 0 fully saturated rings. The molecule has 4 nitrogen and oxygen atoms in total. The van der Waals surface area contributed by atoms with Gasteiger partial charge in [0.15, 0.2) is 0 Å². The van der Waals surface area contributed by atoms with Gasteiger partial charge in [0.05, 0.1) is 6.07 Å². The minimum atomic E-state index is -2.56. The van der Waals surface area contributed by atoms with Crippen LogP contribution in [-0.2, 0) is 4.57 Å². The molecule has 0 unspecified atom stereocenters. The summed E-state index contributed by atoms with van der Waals surface area (Å²) in [4.78, 5) is 0. The molecule has 0 rings (SSSR count). The smallest absolute Gasteiger partial charge is 0.229 e. The molecule has 0 N–H and O–H groups in total. The third-order valence-electron chi connectivity index (χ3n) is 1.53. The molecule has 64 valence electrons. The first-order valence-corrected chi connectivity index (χ1v) is 5.06. The van der Waals surface area contributed by atoms with E-state index in [1.807, 2.05) is 6.07 Å². The summed E-state index contributed by atoms with van der Waals surface area (Å²) in [6.07, 6.45) is 0.0764. The Morgan fingerprint density at radius 2 is 1.64 bits per heavy atom. The molecular formula is C6H14N3OP. The van der Waals surface area contributed by atoms with Crippen molar-refractivity contribution in [2.75, 3.05) is 34.4 Å². The minimum Gasteiger partial charge on any atom is -0.288 e. The Morgan fingerprint density at radius 3 is 1.73 bits per heavy atom. The first kappa shape index (κ1) is 10.6. The maximum atomic E-state index is 11.8. The number of nitrogens with zero attached hydrogens (tertiary/aromatic N) is 3. The average Bonchev–Trinajstić information content (AvgIpc) is 1.87. The van der Waals surface area contributed by atoms with Gasteiger partial charge >= 0.3 is 0 Å². The van der Waals surface area contributed by atoms with E-state index in [0.29, 0.717) is 0 Å². The number of hydrogen-bond acceptors (Lipinski definition) is 2. The zero-order valence-electron chi connectivity index (χ0n) is 7.40. The number of hydrogen-bond donors (Lipinski definition) is 0. The van der Waals surface area contributed by atoms with Crippen molar-refractivity contribution in [2.24, 2.45) is 0 Å². The Balaban J connectivity index is 4.57. The van der Waals surface area contributed by atoms with Gasteiger partial charge in [0.2, 0.25) is 7.44 Å². The topological polar surface area (TPSA) is 47.3 Å². The highest BCUT2D eigenvalue weighted by molar-refractivity contribution is 7.59. The summed E-state index contributed by atoms with van der Waals surface area (Å²) in [5, 5.41) is 8.42. The standard InChI is InChI=1S/C6H14N3OP/c1-8(2)11(10,6-5-7)9(3)4/h6H2,1-4H3. The molecule has 0 aromatic rings. The van der Waals surface area contributed by atoms with Crippen molar-refractivity contribution in [2.45, 2.75) is 0 Å². The van der Waals surface area contributed by atoms with Crippen molar-refractivity contribution in [3.8, 4) is 6.07 Å². The van der Waals surface area contributed by atoms with Gasteiger partial charge < -0.3 is 0 Å². The second-order valence-corrected chi connectivity index (χ2v) is 5.92. The highest BCUT2D eigenvalue weighted by Gasteiger charge is 2.26. The van der Waals surface area contributed by atoms with Crippen molar-refractivity contribution in [3.05, 3.63) is 0 Å². The maximum absolute atomic E-state index is 11.8. The van der Waals surface area contributed by atoms with Gasteiger partial charge in [0, 0.05) is 0 Å². The summed E-state index contributed by atoms with van der Waals surface area (Å²) in [7, 11) is 4.32. The number of nitriles is 1. The van der Waals surface area contributed by atoms with E-state index in [0.717, 1.165) is 0 Å². The van der Waals surface area contributed by atoms with Gasteiger partial charge in [-0.05, 0) is 28.2 Å². The Bertz CT molecular complexity index is 194. The molecule has 11 heavy (non-hydrogen) atoms. The summed E-state index contributed by atoms with van der Waals surface area (Å²) in [6.45, 7) is 0. The predicted molar refractivity (Wildman–Crippen MR) is 45.5 cm³/mol. The van der Waals surface area contributed by atoms with Crippen molar-refractivity contribution in [3.63, 3.8) is 0 Å².